The SMILES string of the molecule is CCC1(C(=O)O)C=C(C(=O)OC(C)(C)C)OC1. The monoisotopic (exact) mass is 242 g/mol. The molecule has 96 valence electrons. The van der Waals surface area contributed by atoms with Crippen LogP contribution in [0.15, 0.2) is 11.8 Å². The maximum absolute atomic E-state index is 11.7. The van der Waals surface area contributed by atoms with Crippen LogP contribution < -0.4 is 0 Å². The number of ether oxygens (including phenoxy) is 2. The van der Waals surface area contributed by atoms with Gasteiger partial charge in [0.05, 0.1) is 0 Å². The minimum Gasteiger partial charge on any atom is -0.485 e. The quantitative estimate of drug-likeness (QED) is 0.763. The van der Waals surface area contributed by atoms with Crippen LogP contribution in [-0.4, -0.2) is 29.3 Å². The predicted molar refractivity (Wildman–Crippen MR) is 60.2 cm³/mol. The summed E-state index contributed by atoms with van der Waals surface area (Å²) in [6, 6.07) is 0. The van der Waals surface area contributed by atoms with Gasteiger partial charge in [0, 0.05) is 0 Å². The molecular formula is C12H18O5. The van der Waals surface area contributed by atoms with Gasteiger partial charge in [-0.2, -0.15) is 0 Å². The number of aliphatic carboxylic acids is 1. The summed E-state index contributed by atoms with van der Waals surface area (Å²) in [5.41, 5.74) is -1.73. The second-order valence-electron chi connectivity index (χ2n) is 5.11. The Labute approximate surface area is 100 Å². The molecule has 1 N–H and O–H groups in total. The molecule has 1 atom stereocenters. The first-order valence-electron chi connectivity index (χ1n) is 5.52. The summed E-state index contributed by atoms with van der Waals surface area (Å²) in [4.78, 5) is 22.8. The lowest BCUT2D eigenvalue weighted by molar-refractivity contribution is -0.155. The molecule has 17 heavy (non-hydrogen) atoms. The second-order valence-corrected chi connectivity index (χ2v) is 5.11. The van der Waals surface area contributed by atoms with Gasteiger partial charge in [-0.3, -0.25) is 4.79 Å². The summed E-state index contributed by atoms with van der Waals surface area (Å²) in [7, 11) is 0. The average Bonchev–Trinajstić information content (AvgIpc) is 2.60. The van der Waals surface area contributed by atoms with Gasteiger partial charge >= 0.3 is 11.9 Å². The molecule has 1 rings (SSSR count). The van der Waals surface area contributed by atoms with Gasteiger partial charge in [0.2, 0.25) is 5.76 Å². The minimum absolute atomic E-state index is 0.0100. The lowest BCUT2D eigenvalue weighted by atomic mass is 9.87. The summed E-state index contributed by atoms with van der Waals surface area (Å²) in [6.45, 7) is 6.94. The van der Waals surface area contributed by atoms with Crippen molar-refractivity contribution >= 4 is 11.9 Å². The van der Waals surface area contributed by atoms with Crippen LogP contribution >= 0.6 is 0 Å². The van der Waals surface area contributed by atoms with Gasteiger partial charge < -0.3 is 14.6 Å². The molecule has 0 spiro atoms. The molecule has 0 fully saturated rings. The molecule has 0 amide bonds. The lowest BCUT2D eigenvalue weighted by Crippen LogP contribution is -2.29. The van der Waals surface area contributed by atoms with E-state index in [0.717, 1.165) is 0 Å². The summed E-state index contributed by atoms with van der Waals surface area (Å²) >= 11 is 0. The zero-order valence-electron chi connectivity index (χ0n) is 10.6. The highest BCUT2D eigenvalue weighted by atomic mass is 16.6. The highest BCUT2D eigenvalue weighted by Crippen LogP contribution is 2.33. The van der Waals surface area contributed by atoms with Gasteiger partial charge in [-0.25, -0.2) is 4.79 Å². The van der Waals surface area contributed by atoms with Crippen LogP contribution in [0.1, 0.15) is 34.1 Å². The first-order chi connectivity index (χ1) is 7.70. The fraction of sp³-hybridized carbons (Fsp3) is 0.667. The van der Waals surface area contributed by atoms with Crippen molar-refractivity contribution in [3.05, 3.63) is 11.8 Å². The summed E-state index contributed by atoms with van der Waals surface area (Å²) in [6.07, 6.45) is 1.72. The number of carbonyl (C=O) groups excluding carboxylic acids is 1. The molecule has 1 heterocycles. The Balaban J connectivity index is 2.85. The number of carboxylic acid groups (broad SMARTS) is 1. The summed E-state index contributed by atoms with van der Waals surface area (Å²) < 4.78 is 10.2. The Morgan fingerprint density at radius 1 is 1.53 bits per heavy atom. The largest absolute Gasteiger partial charge is 0.485 e. The van der Waals surface area contributed by atoms with Crippen molar-refractivity contribution in [2.45, 2.75) is 39.7 Å². The van der Waals surface area contributed by atoms with Crippen LogP contribution in [0.25, 0.3) is 0 Å². The fourth-order valence-electron chi connectivity index (χ4n) is 1.47. The molecule has 0 radical (unpaired) electrons. The van der Waals surface area contributed by atoms with Gasteiger partial charge in [-0.15, -0.1) is 0 Å². The van der Waals surface area contributed by atoms with Gasteiger partial charge in [0.15, 0.2) is 0 Å². The third-order valence-corrected chi connectivity index (χ3v) is 2.55. The number of hydrogen-bond acceptors (Lipinski definition) is 4. The normalized spacial score (nSPS) is 23.9. The van der Waals surface area contributed by atoms with E-state index in [0.29, 0.717) is 6.42 Å². The molecule has 0 bridgehead atoms. The van der Waals surface area contributed by atoms with Gasteiger partial charge in [-0.05, 0) is 33.3 Å². The third-order valence-electron chi connectivity index (χ3n) is 2.55. The molecule has 0 aromatic rings. The van der Waals surface area contributed by atoms with Crippen LogP contribution in [0, 0.1) is 5.41 Å². The molecule has 0 saturated heterocycles. The summed E-state index contributed by atoms with van der Waals surface area (Å²) in [5, 5.41) is 9.12. The van der Waals surface area contributed by atoms with Crippen LogP contribution in [0.2, 0.25) is 0 Å². The predicted octanol–water partition coefficient (Wildman–Crippen LogP) is 1.72. The van der Waals surface area contributed by atoms with Crippen LogP contribution in [-0.2, 0) is 19.1 Å². The van der Waals surface area contributed by atoms with Crippen molar-refractivity contribution in [2.75, 3.05) is 6.61 Å². The van der Waals surface area contributed by atoms with Crippen molar-refractivity contribution in [3.8, 4) is 0 Å². The Kier molecular flexibility index (Phi) is 3.50. The van der Waals surface area contributed by atoms with Crippen LogP contribution in [0.5, 0.6) is 0 Å². The number of carbonyl (C=O) groups is 2. The molecule has 0 aromatic heterocycles. The molecule has 0 aromatic carbocycles. The Bertz CT molecular complexity index is 364. The van der Waals surface area contributed by atoms with Crippen molar-refractivity contribution in [1.29, 1.82) is 0 Å². The van der Waals surface area contributed by atoms with Gasteiger partial charge in [0.25, 0.3) is 0 Å². The molecule has 5 heteroatoms. The van der Waals surface area contributed by atoms with Gasteiger partial charge in [-0.1, -0.05) is 6.92 Å². The first kappa shape index (κ1) is 13.5. The van der Waals surface area contributed by atoms with Crippen LogP contribution in [0.4, 0.5) is 0 Å². The molecule has 0 aliphatic carbocycles. The standard InChI is InChI=1S/C12H18O5/c1-5-12(10(14)15)6-8(16-7-12)9(13)17-11(2,3)4/h6H,5,7H2,1-4H3,(H,14,15). The maximum atomic E-state index is 11.7. The Morgan fingerprint density at radius 3 is 2.47 bits per heavy atom. The Morgan fingerprint density at radius 2 is 2.12 bits per heavy atom. The maximum Gasteiger partial charge on any atom is 0.373 e. The Hall–Kier alpha value is -1.52. The van der Waals surface area contributed by atoms with E-state index in [2.05, 4.69) is 0 Å². The average molecular weight is 242 g/mol. The molecule has 1 unspecified atom stereocenters. The van der Waals surface area contributed by atoms with Crippen molar-refractivity contribution in [1.82, 2.24) is 0 Å². The van der Waals surface area contributed by atoms with Crippen molar-refractivity contribution in [3.63, 3.8) is 0 Å². The van der Waals surface area contributed by atoms with Crippen molar-refractivity contribution in [2.24, 2.45) is 5.41 Å². The molecule has 1 aliphatic rings. The highest BCUT2D eigenvalue weighted by molar-refractivity contribution is 5.90. The number of rotatable bonds is 3. The number of carboxylic acids is 1. The molecule has 1 aliphatic heterocycles. The van der Waals surface area contributed by atoms with E-state index >= 15 is 0 Å². The van der Waals surface area contributed by atoms with E-state index < -0.39 is 23.0 Å². The molecule has 5 nitrogen and oxygen atoms in total. The first-order valence-corrected chi connectivity index (χ1v) is 5.52. The van der Waals surface area contributed by atoms with Gasteiger partial charge in [0.1, 0.15) is 17.6 Å². The van der Waals surface area contributed by atoms with Crippen molar-refractivity contribution < 1.29 is 24.2 Å². The van der Waals surface area contributed by atoms with E-state index in [-0.39, 0.29) is 12.4 Å². The molecule has 0 saturated carbocycles. The number of hydrogen-bond donors (Lipinski definition) is 1. The van der Waals surface area contributed by atoms with E-state index in [4.69, 9.17) is 14.6 Å². The number of esters is 1. The van der Waals surface area contributed by atoms with E-state index in [9.17, 15) is 9.59 Å². The third kappa shape index (κ3) is 2.99. The second kappa shape index (κ2) is 4.39. The zero-order valence-corrected chi connectivity index (χ0v) is 10.6. The van der Waals surface area contributed by atoms with E-state index in [1.54, 1.807) is 27.7 Å². The summed E-state index contributed by atoms with van der Waals surface area (Å²) in [5.74, 6) is -1.61. The molecular weight excluding hydrogens is 224 g/mol. The lowest BCUT2D eigenvalue weighted by Gasteiger charge is -2.19. The van der Waals surface area contributed by atoms with E-state index in [1.165, 1.54) is 6.08 Å². The smallest absolute Gasteiger partial charge is 0.373 e. The van der Waals surface area contributed by atoms with E-state index in [1.807, 2.05) is 0 Å². The topological polar surface area (TPSA) is 72.8 Å². The highest BCUT2D eigenvalue weighted by Gasteiger charge is 2.43. The van der Waals surface area contributed by atoms with Crippen LogP contribution in [0.3, 0.4) is 0 Å². The zero-order chi connectivity index (χ0) is 13.3. The fourth-order valence-corrected chi connectivity index (χ4v) is 1.47. The minimum atomic E-state index is -1.10.